The molecule has 236 valence electrons. The van der Waals surface area contributed by atoms with E-state index in [1.165, 1.54) is 30.2 Å². The zero-order valence-electron chi connectivity index (χ0n) is 25.2. The van der Waals surface area contributed by atoms with Gasteiger partial charge in [-0.15, -0.1) is 0 Å². The van der Waals surface area contributed by atoms with Crippen molar-refractivity contribution in [3.8, 4) is 5.75 Å². The summed E-state index contributed by atoms with van der Waals surface area (Å²) in [5.74, 6) is -0.721. The van der Waals surface area contributed by atoms with Gasteiger partial charge in [0.25, 0.3) is 10.0 Å². The first-order valence-electron chi connectivity index (χ1n) is 14.3. The Labute approximate surface area is 278 Å². The summed E-state index contributed by atoms with van der Waals surface area (Å²) < 4.78 is 35.7. The van der Waals surface area contributed by atoms with E-state index in [-0.39, 0.29) is 46.3 Å². The van der Waals surface area contributed by atoms with Gasteiger partial charge in [-0.25, -0.2) is 8.42 Å². The normalized spacial score (nSPS) is 12.0. The average molecular weight is 713 g/mol. The predicted octanol–water partition coefficient (Wildman–Crippen LogP) is 6.47. The first-order chi connectivity index (χ1) is 21.5. The maximum absolute atomic E-state index is 14.5. The van der Waals surface area contributed by atoms with E-state index in [0.717, 1.165) is 19.9 Å². The zero-order valence-corrected chi connectivity index (χ0v) is 28.3. The van der Waals surface area contributed by atoms with Crippen molar-refractivity contribution in [1.29, 1.82) is 0 Å². The Morgan fingerprint density at radius 2 is 1.51 bits per heavy atom. The maximum Gasteiger partial charge on any atom is 0.264 e. The molecule has 4 rings (SSSR count). The fourth-order valence-electron chi connectivity index (χ4n) is 4.81. The third kappa shape index (κ3) is 8.87. The molecule has 1 atom stereocenters. The predicted molar refractivity (Wildman–Crippen MR) is 181 cm³/mol. The molecular formula is C34H35BrClN3O5S. The van der Waals surface area contributed by atoms with Gasteiger partial charge in [0.2, 0.25) is 11.8 Å². The van der Waals surface area contributed by atoms with Gasteiger partial charge in [-0.05, 0) is 67.4 Å². The molecule has 0 saturated carbocycles. The van der Waals surface area contributed by atoms with Crippen molar-refractivity contribution in [3.05, 3.63) is 124 Å². The van der Waals surface area contributed by atoms with Crippen LogP contribution in [0.2, 0.25) is 5.02 Å². The van der Waals surface area contributed by atoms with Crippen LogP contribution in [0.15, 0.2) is 112 Å². The number of nitrogens with one attached hydrogen (secondary N) is 1. The number of sulfonamides is 1. The van der Waals surface area contributed by atoms with Crippen molar-refractivity contribution < 1.29 is 22.7 Å². The minimum atomic E-state index is -4.29. The van der Waals surface area contributed by atoms with Crippen molar-refractivity contribution in [1.82, 2.24) is 10.2 Å². The van der Waals surface area contributed by atoms with Gasteiger partial charge in [-0.2, -0.15) is 0 Å². The molecule has 8 nitrogen and oxygen atoms in total. The standard InChI is InChI=1S/C34H35BrClN3O5S/c1-24(2)37-34(41)31(20-25-10-6-4-7-11-25)38(22-26-14-16-27(35)17-15-26)33(40)23-39(30-21-28(36)18-19-32(30)44-3)45(42,43)29-12-8-5-9-13-29/h4-19,21,24,31H,20,22-23H2,1-3H3,(H,37,41)/t31-/m0/s1. The summed E-state index contributed by atoms with van der Waals surface area (Å²) in [6, 6.07) is 28.0. The Hall–Kier alpha value is -3.86. The highest BCUT2D eigenvalue weighted by Crippen LogP contribution is 2.35. The lowest BCUT2D eigenvalue weighted by molar-refractivity contribution is -0.140. The van der Waals surface area contributed by atoms with Crippen LogP contribution in [-0.2, 0) is 32.6 Å². The molecule has 45 heavy (non-hydrogen) atoms. The maximum atomic E-state index is 14.5. The highest BCUT2D eigenvalue weighted by Gasteiger charge is 2.35. The van der Waals surface area contributed by atoms with E-state index in [4.69, 9.17) is 16.3 Å². The van der Waals surface area contributed by atoms with E-state index in [0.29, 0.717) is 0 Å². The Morgan fingerprint density at radius 3 is 2.11 bits per heavy atom. The quantitative estimate of drug-likeness (QED) is 0.172. The second kappa shape index (κ2) is 15.4. The molecule has 0 unspecified atom stereocenters. The summed E-state index contributed by atoms with van der Waals surface area (Å²) in [7, 11) is -2.88. The molecule has 1 N–H and O–H groups in total. The Morgan fingerprint density at radius 1 is 0.889 bits per heavy atom. The number of halogens is 2. The zero-order chi connectivity index (χ0) is 32.6. The van der Waals surface area contributed by atoms with Crippen LogP contribution in [0, 0.1) is 0 Å². The van der Waals surface area contributed by atoms with E-state index < -0.39 is 28.5 Å². The SMILES string of the molecule is COc1ccc(Cl)cc1N(CC(=O)N(Cc1ccc(Br)cc1)[C@@H](Cc1ccccc1)C(=O)NC(C)C)S(=O)(=O)c1ccccc1. The van der Waals surface area contributed by atoms with Crippen LogP contribution in [0.3, 0.4) is 0 Å². The number of methoxy groups -OCH3 is 1. The molecule has 0 fully saturated rings. The molecule has 0 aliphatic rings. The van der Waals surface area contributed by atoms with Crippen molar-refractivity contribution >= 4 is 55.1 Å². The van der Waals surface area contributed by atoms with Crippen molar-refractivity contribution in [2.75, 3.05) is 18.0 Å². The third-order valence-electron chi connectivity index (χ3n) is 6.99. The van der Waals surface area contributed by atoms with Crippen LogP contribution in [0.1, 0.15) is 25.0 Å². The van der Waals surface area contributed by atoms with Crippen molar-refractivity contribution in [2.45, 2.75) is 43.8 Å². The summed E-state index contributed by atoms with van der Waals surface area (Å²) in [5.41, 5.74) is 1.71. The Bertz CT molecular complexity index is 1710. The molecule has 0 saturated heterocycles. The summed E-state index contributed by atoms with van der Waals surface area (Å²) >= 11 is 9.78. The summed E-state index contributed by atoms with van der Waals surface area (Å²) in [6.45, 7) is 3.13. The van der Waals surface area contributed by atoms with Crippen LogP contribution in [0.5, 0.6) is 5.75 Å². The van der Waals surface area contributed by atoms with Crippen LogP contribution in [-0.4, -0.2) is 50.9 Å². The average Bonchev–Trinajstić information content (AvgIpc) is 3.02. The molecule has 4 aromatic rings. The van der Waals surface area contributed by atoms with E-state index in [1.54, 1.807) is 30.3 Å². The number of benzene rings is 4. The number of carbonyl (C=O) groups is 2. The Kier molecular flexibility index (Phi) is 11.7. The van der Waals surface area contributed by atoms with Gasteiger partial charge in [-0.3, -0.25) is 13.9 Å². The number of rotatable bonds is 13. The van der Waals surface area contributed by atoms with E-state index in [2.05, 4.69) is 21.2 Å². The fourth-order valence-corrected chi connectivity index (χ4v) is 6.68. The smallest absolute Gasteiger partial charge is 0.264 e. The first-order valence-corrected chi connectivity index (χ1v) is 16.9. The monoisotopic (exact) mass is 711 g/mol. The number of nitrogens with zero attached hydrogens (tertiary/aromatic N) is 2. The number of anilines is 1. The van der Waals surface area contributed by atoms with Crippen LogP contribution in [0.25, 0.3) is 0 Å². The number of carbonyl (C=O) groups excluding carboxylic acids is 2. The van der Waals surface area contributed by atoms with Gasteiger partial charge < -0.3 is 15.0 Å². The molecule has 0 aliphatic carbocycles. The second-order valence-corrected chi connectivity index (χ2v) is 13.9. The molecule has 2 amide bonds. The van der Waals surface area contributed by atoms with Crippen LogP contribution in [0.4, 0.5) is 5.69 Å². The second-order valence-electron chi connectivity index (χ2n) is 10.7. The summed E-state index contributed by atoms with van der Waals surface area (Å²) in [4.78, 5) is 29.8. The summed E-state index contributed by atoms with van der Waals surface area (Å²) in [6.07, 6.45) is 0.216. The molecule has 0 aliphatic heterocycles. The fraction of sp³-hybridized carbons (Fsp3) is 0.235. The van der Waals surface area contributed by atoms with Crippen LogP contribution < -0.4 is 14.4 Å². The highest BCUT2D eigenvalue weighted by atomic mass is 79.9. The minimum absolute atomic E-state index is 0.0160. The molecule has 4 aromatic carbocycles. The van der Waals surface area contributed by atoms with Gasteiger partial charge >= 0.3 is 0 Å². The van der Waals surface area contributed by atoms with E-state index in [9.17, 15) is 18.0 Å². The molecule has 0 aromatic heterocycles. The highest BCUT2D eigenvalue weighted by molar-refractivity contribution is 9.10. The first kappa shape index (κ1) is 34.0. The number of ether oxygens (including phenoxy) is 1. The van der Waals surface area contributed by atoms with E-state index >= 15 is 0 Å². The molecule has 0 spiro atoms. The van der Waals surface area contributed by atoms with E-state index in [1.807, 2.05) is 68.4 Å². The largest absolute Gasteiger partial charge is 0.495 e. The summed E-state index contributed by atoms with van der Waals surface area (Å²) in [5, 5.41) is 3.21. The molecule has 0 bridgehead atoms. The molecular weight excluding hydrogens is 678 g/mol. The van der Waals surface area contributed by atoms with Gasteiger partial charge in [0.15, 0.2) is 0 Å². The lowest BCUT2D eigenvalue weighted by Crippen LogP contribution is -2.54. The van der Waals surface area contributed by atoms with Gasteiger partial charge in [0.1, 0.15) is 18.3 Å². The number of amides is 2. The van der Waals surface area contributed by atoms with Crippen LogP contribution >= 0.6 is 27.5 Å². The van der Waals surface area contributed by atoms with Gasteiger partial charge in [-0.1, -0.05) is 88.2 Å². The number of hydrogen-bond donors (Lipinski definition) is 1. The number of hydrogen-bond acceptors (Lipinski definition) is 5. The Balaban J connectivity index is 1.84. The molecule has 11 heteroatoms. The lowest BCUT2D eigenvalue weighted by atomic mass is 10.0. The minimum Gasteiger partial charge on any atom is -0.495 e. The third-order valence-corrected chi connectivity index (χ3v) is 9.53. The van der Waals surface area contributed by atoms with Gasteiger partial charge in [0.05, 0.1) is 17.7 Å². The molecule has 0 heterocycles. The molecule has 0 radical (unpaired) electrons. The van der Waals surface area contributed by atoms with Crippen molar-refractivity contribution in [3.63, 3.8) is 0 Å². The van der Waals surface area contributed by atoms with Crippen molar-refractivity contribution in [2.24, 2.45) is 0 Å². The van der Waals surface area contributed by atoms with Gasteiger partial charge in [0, 0.05) is 28.5 Å². The topological polar surface area (TPSA) is 96.0 Å². The lowest BCUT2D eigenvalue weighted by Gasteiger charge is -2.34.